The molecule has 1 atom stereocenters. The Bertz CT molecular complexity index is 1020. The van der Waals surface area contributed by atoms with Crippen LogP contribution in [0.5, 0.6) is 0 Å². The fourth-order valence-electron chi connectivity index (χ4n) is 3.78. The van der Waals surface area contributed by atoms with Crippen molar-refractivity contribution < 1.29 is 4.79 Å². The van der Waals surface area contributed by atoms with Crippen molar-refractivity contribution in [3.63, 3.8) is 0 Å². The molecule has 5 nitrogen and oxygen atoms in total. The summed E-state index contributed by atoms with van der Waals surface area (Å²) in [6.45, 7) is 5.75. The van der Waals surface area contributed by atoms with Crippen LogP contribution in [0.2, 0.25) is 0 Å². The molecule has 0 spiro atoms. The number of anilines is 2. The topological polar surface area (TPSA) is 58.1 Å². The fraction of sp³-hybridized carbons (Fsp3) is 0.320. The van der Waals surface area contributed by atoms with Gasteiger partial charge in [-0.3, -0.25) is 4.79 Å². The molecule has 160 valence electrons. The monoisotopic (exact) mass is 432 g/mol. The lowest BCUT2D eigenvalue weighted by molar-refractivity contribution is -0.120. The summed E-state index contributed by atoms with van der Waals surface area (Å²) in [6.07, 6.45) is 6.29. The van der Waals surface area contributed by atoms with Crippen molar-refractivity contribution in [2.24, 2.45) is 5.92 Å². The molecule has 4 rings (SSSR count). The van der Waals surface area contributed by atoms with Crippen LogP contribution in [0.4, 0.5) is 11.5 Å². The van der Waals surface area contributed by atoms with Gasteiger partial charge < -0.3 is 10.2 Å². The second-order valence-corrected chi connectivity index (χ2v) is 8.99. The van der Waals surface area contributed by atoms with Crippen LogP contribution in [0, 0.1) is 12.8 Å². The third kappa shape index (κ3) is 5.44. The zero-order valence-corrected chi connectivity index (χ0v) is 18.9. The van der Waals surface area contributed by atoms with Gasteiger partial charge in [0.2, 0.25) is 5.91 Å². The van der Waals surface area contributed by atoms with Crippen molar-refractivity contribution in [3.8, 4) is 0 Å². The lowest BCUT2D eigenvalue weighted by Gasteiger charge is -2.33. The molecule has 1 aliphatic rings. The van der Waals surface area contributed by atoms with E-state index in [0.29, 0.717) is 6.54 Å². The maximum atomic E-state index is 12.9. The number of aryl methyl sites for hydroxylation is 2. The predicted molar refractivity (Wildman–Crippen MR) is 127 cm³/mol. The number of hydrogen-bond donors (Lipinski definition) is 1. The third-order valence-corrected chi connectivity index (χ3v) is 6.59. The van der Waals surface area contributed by atoms with Gasteiger partial charge in [0, 0.05) is 36.1 Å². The molecule has 31 heavy (non-hydrogen) atoms. The Hall–Kier alpha value is -2.86. The van der Waals surface area contributed by atoms with Gasteiger partial charge in [0.05, 0.1) is 5.92 Å². The SMILES string of the molecule is CCc1ccc(NC(=O)C2CCCN(c3nccnc3Sc3ccc(C)cc3)C2)cc1. The second kappa shape index (κ2) is 9.96. The summed E-state index contributed by atoms with van der Waals surface area (Å²) < 4.78 is 0. The van der Waals surface area contributed by atoms with Gasteiger partial charge in [-0.2, -0.15) is 0 Å². The highest BCUT2D eigenvalue weighted by atomic mass is 32.2. The standard InChI is InChI=1S/C25H28N4OS/c1-3-19-8-10-21(11-9-19)28-24(30)20-5-4-16-29(17-20)23-25(27-15-14-26-23)31-22-12-6-18(2)7-13-22/h6-15,20H,3-5,16-17H2,1-2H3,(H,28,30). The summed E-state index contributed by atoms with van der Waals surface area (Å²) in [5.41, 5.74) is 3.36. The van der Waals surface area contributed by atoms with Crippen molar-refractivity contribution in [1.29, 1.82) is 0 Å². The van der Waals surface area contributed by atoms with E-state index in [1.54, 1.807) is 24.2 Å². The van der Waals surface area contributed by atoms with E-state index in [4.69, 9.17) is 0 Å². The van der Waals surface area contributed by atoms with E-state index in [2.05, 4.69) is 70.4 Å². The van der Waals surface area contributed by atoms with Crippen LogP contribution in [0.1, 0.15) is 30.9 Å². The van der Waals surface area contributed by atoms with Gasteiger partial charge in [-0.25, -0.2) is 9.97 Å². The summed E-state index contributed by atoms with van der Waals surface area (Å²) >= 11 is 1.62. The summed E-state index contributed by atoms with van der Waals surface area (Å²) in [6, 6.07) is 16.5. The Morgan fingerprint density at radius 1 is 1.10 bits per heavy atom. The number of benzene rings is 2. The van der Waals surface area contributed by atoms with E-state index in [1.165, 1.54) is 11.1 Å². The average Bonchev–Trinajstić information content (AvgIpc) is 2.81. The predicted octanol–water partition coefficient (Wildman–Crippen LogP) is 5.35. The van der Waals surface area contributed by atoms with Gasteiger partial charge in [-0.15, -0.1) is 0 Å². The molecular weight excluding hydrogens is 404 g/mol. The molecule has 1 saturated heterocycles. The van der Waals surface area contributed by atoms with E-state index >= 15 is 0 Å². The molecule has 0 radical (unpaired) electrons. The zero-order chi connectivity index (χ0) is 21.6. The van der Waals surface area contributed by atoms with Crippen LogP contribution in [0.3, 0.4) is 0 Å². The lowest BCUT2D eigenvalue weighted by Crippen LogP contribution is -2.41. The van der Waals surface area contributed by atoms with Gasteiger partial charge in [0.1, 0.15) is 5.03 Å². The molecule has 0 bridgehead atoms. The van der Waals surface area contributed by atoms with Crippen LogP contribution in [-0.4, -0.2) is 29.0 Å². The Morgan fingerprint density at radius 3 is 2.58 bits per heavy atom. The number of aromatic nitrogens is 2. The number of amides is 1. The largest absolute Gasteiger partial charge is 0.354 e. The van der Waals surface area contributed by atoms with Crippen LogP contribution in [-0.2, 0) is 11.2 Å². The van der Waals surface area contributed by atoms with Crippen molar-refractivity contribution in [1.82, 2.24) is 9.97 Å². The molecule has 2 aromatic carbocycles. The first-order valence-corrected chi connectivity index (χ1v) is 11.6. The molecule has 1 unspecified atom stereocenters. The first-order valence-electron chi connectivity index (χ1n) is 10.8. The highest BCUT2D eigenvalue weighted by molar-refractivity contribution is 7.99. The first kappa shape index (κ1) is 21.4. The normalized spacial score (nSPS) is 16.2. The molecule has 3 aromatic rings. The lowest BCUT2D eigenvalue weighted by atomic mass is 9.97. The van der Waals surface area contributed by atoms with E-state index in [-0.39, 0.29) is 11.8 Å². The molecule has 0 aliphatic carbocycles. The summed E-state index contributed by atoms with van der Waals surface area (Å²) in [5, 5.41) is 3.97. The smallest absolute Gasteiger partial charge is 0.229 e. The van der Waals surface area contributed by atoms with Crippen LogP contribution < -0.4 is 10.2 Å². The van der Waals surface area contributed by atoms with Crippen molar-refractivity contribution >= 4 is 29.2 Å². The third-order valence-electron chi connectivity index (χ3n) is 5.60. The Kier molecular flexibility index (Phi) is 6.87. The van der Waals surface area contributed by atoms with E-state index in [9.17, 15) is 4.79 Å². The molecular formula is C25H28N4OS. The number of piperidine rings is 1. The molecule has 0 saturated carbocycles. The first-order chi connectivity index (χ1) is 15.1. The highest BCUT2D eigenvalue weighted by Crippen LogP contribution is 2.34. The van der Waals surface area contributed by atoms with Gasteiger partial charge in [-0.1, -0.05) is 48.5 Å². The highest BCUT2D eigenvalue weighted by Gasteiger charge is 2.28. The molecule has 1 aliphatic heterocycles. The van der Waals surface area contributed by atoms with E-state index in [0.717, 1.165) is 47.2 Å². The molecule has 1 N–H and O–H groups in total. The summed E-state index contributed by atoms with van der Waals surface area (Å²) in [5.74, 6) is 0.863. The number of carbonyl (C=O) groups is 1. The average molecular weight is 433 g/mol. The summed E-state index contributed by atoms with van der Waals surface area (Å²) in [4.78, 5) is 25.5. The van der Waals surface area contributed by atoms with Crippen molar-refractivity contribution in [2.75, 3.05) is 23.3 Å². The van der Waals surface area contributed by atoms with Crippen molar-refractivity contribution in [3.05, 3.63) is 72.1 Å². The number of carbonyl (C=O) groups excluding carboxylic acids is 1. The maximum Gasteiger partial charge on any atom is 0.229 e. The Labute approximate surface area is 188 Å². The second-order valence-electron chi connectivity index (χ2n) is 7.93. The molecule has 1 aromatic heterocycles. The molecule has 1 amide bonds. The Morgan fingerprint density at radius 2 is 1.84 bits per heavy atom. The zero-order valence-electron chi connectivity index (χ0n) is 18.0. The number of nitrogens with zero attached hydrogens (tertiary/aromatic N) is 3. The summed E-state index contributed by atoms with van der Waals surface area (Å²) in [7, 11) is 0. The van der Waals surface area contributed by atoms with E-state index < -0.39 is 0 Å². The maximum absolute atomic E-state index is 12.9. The quantitative estimate of drug-likeness (QED) is 0.569. The van der Waals surface area contributed by atoms with Crippen LogP contribution in [0.15, 0.2) is 70.8 Å². The molecule has 6 heteroatoms. The van der Waals surface area contributed by atoms with Crippen LogP contribution >= 0.6 is 11.8 Å². The van der Waals surface area contributed by atoms with Gasteiger partial charge >= 0.3 is 0 Å². The van der Waals surface area contributed by atoms with Crippen molar-refractivity contribution in [2.45, 2.75) is 43.0 Å². The van der Waals surface area contributed by atoms with Gasteiger partial charge in [0.25, 0.3) is 0 Å². The van der Waals surface area contributed by atoms with Crippen LogP contribution in [0.25, 0.3) is 0 Å². The van der Waals surface area contributed by atoms with E-state index in [1.807, 2.05) is 12.1 Å². The minimum absolute atomic E-state index is 0.0705. The minimum Gasteiger partial charge on any atom is -0.354 e. The minimum atomic E-state index is -0.0705. The molecule has 2 heterocycles. The Balaban J connectivity index is 1.45. The number of hydrogen-bond acceptors (Lipinski definition) is 5. The van der Waals surface area contributed by atoms with Gasteiger partial charge in [-0.05, 0) is 56.0 Å². The number of nitrogens with one attached hydrogen (secondary N) is 1. The number of rotatable bonds is 6. The van der Waals surface area contributed by atoms with Gasteiger partial charge in [0.15, 0.2) is 5.82 Å². The molecule has 1 fully saturated rings. The fourth-order valence-corrected chi connectivity index (χ4v) is 4.66.